The van der Waals surface area contributed by atoms with Crippen LogP contribution in [0.1, 0.15) is 61.3 Å². The summed E-state index contributed by atoms with van der Waals surface area (Å²) in [6.45, 7) is 4.85. The van der Waals surface area contributed by atoms with Crippen LogP contribution < -0.4 is 4.74 Å². The van der Waals surface area contributed by atoms with Gasteiger partial charge in [-0.1, -0.05) is 37.5 Å². The van der Waals surface area contributed by atoms with E-state index in [4.69, 9.17) is 4.74 Å². The number of methoxy groups -OCH3 is 1. The summed E-state index contributed by atoms with van der Waals surface area (Å²) in [6.07, 6.45) is -3.74. The second kappa shape index (κ2) is 10.8. The van der Waals surface area contributed by atoms with Gasteiger partial charge >= 0.3 is 12.4 Å². The number of para-hydroxylation sites is 1. The lowest BCUT2D eigenvalue weighted by Crippen LogP contribution is -2.57. The number of benzene rings is 2. The minimum absolute atomic E-state index is 0.00901. The van der Waals surface area contributed by atoms with Crippen LogP contribution >= 0.6 is 0 Å². The van der Waals surface area contributed by atoms with Gasteiger partial charge in [0.05, 0.1) is 23.8 Å². The number of alkyl halides is 6. The zero-order valence-electron chi connectivity index (χ0n) is 21.3. The molecule has 204 valence electrons. The molecule has 0 N–H and O–H groups in total. The van der Waals surface area contributed by atoms with Crippen LogP contribution in [0.15, 0.2) is 42.5 Å². The van der Waals surface area contributed by atoms with Gasteiger partial charge < -0.3 is 4.74 Å². The van der Waals surface area contributed by atoms with Crippen LogP contribution in [0.3, 0.4) is 0 Å². The number of hydrogen-bond donors (Lipinski definition) is 0. The SMILES string of the molecule is COc1ccccc1C(C)(Cc1cc(C(F)(F)F)cc(C(F)(F)F)c1)N1CCN(C2CCCCC2)CC1. The van der Waals surface area contributed by atoms with Crippen molar-refractivity contribution in [2.45, 2.75) is 69.4 Å². The van der Waals surface area contributed by atoms with Gasteiger partial charge in [-0.15, -0.1) is 0 Å². The first-order chi connectivity index (χ1) is 17.4. The summed E-state index contributed by atoms with van der Waals surface area (Å²) < 4.78 is 87.1. The van der Waals surface area contributed by atoms with Crippen LogP contribution in [0, 0.1) is 0 Å². The smallest absolute Gasteiger partial charge is 0.416 e. The number of ether oxygens (including phenoxy) is 1. The standard InChI is InChI=1S/C28H34F6N2O/c1-26(24-10-6-7-11-25(24)37-2,36-14-12-35(13-15-36)23-8-4-3-5-9-23)19-20-16-21(27(29,30)31)18-22(17-20)28(32,33)34/h6-7,10-11,16-18,23H,3-5,8-9,12-15,19H2,1-2H3. The summed E-state index contributed by atoms with van der Waals surface area (Å²) in [4.78, 5) is 4.68. The Morgan fingerprint density at radius 2 is 1.38 bits per heavy atom. The number of nitrogens with zero attached hydrogens (tertiary/aromatic N) is 2. The van der Waals surface area contributed by atoms with Crippen molar-refractivity contribution >= 4 is 0 Å². The normalized spacial score (nSPS) is 20.5. The Hall–Kier alpha value is -2.26. The molecule has 1 heterocycles. The molecule has 2 aliphatic rings. The first-order valence-electron chi connectivity index (χ1n) is 12.8. The van der Waals surface area contributed by atoms with Crippen LogP contribution in [0.25, 0.3) is 0 Å². The molecular formula is C28H34F6N2O. The predicted octanol–water partition coefficient (Wildman–Crippen LogP) is 7.14. The van der Waals surface area contributed by atoms with E-state index >= 15 is 0 Å². The largest absolute Gasteiger partial charge is 0.496 e. The molecule has 0 amide bonds. The number of rotatable bonds is 6. The highest BCUT2D eigenvalue weighted by Crippen LogP contribution is 2.42. The molecule has 2 fully saturated rings. The van der Waals surface area contributed by atoms with Crippen molar-refractivity contribution in [1.29, 1.82) is 0 Å². The van der Waals surface area contributed by atoms with Gasteiger partial charge in [-0.2, -0.15) is 26.3 Å². The molecule has 37 heavy (non-hydrogen) atoms. The molecule has 1 atom stereocenters. The highest BCUT2D eigenvalue weighted by molar-refractivity contribution is 5.42. The molecule has 2 aromatic rings. The van der Waals surface area contributed by atoms with E-state index in [9.17, 15) is 26.3 Å². The molecule has 1 aliphatic heterocycles. The molecule has 1 unspecified atom stereocenters. The van der Waals surface area contributed by atoms with E-state index in [0.717, 1.165) is 30.8 Å². The summed E-state index contributed by atoms with van der Waals surface area (Å²) >= 11 is 0. The summed E-state index contributed by atoms with van der Waals surface area (Å²) in [6, 6.07) is 9.68. The van der Waals surface area contributed by atoms with E-state index in [-0.39, 0.29) is 18.1 Å². The van der Waals surface area contributed by atoms with Crippen molar-refractivity contribution in [2.75, 3.05) is 33.3 Å². The van der Waals surface area contributed by atoms with E-state index in [1.54, 1.807) is 12.1 Å². The summed E-state index contributed by atoms with van der Waals surface area (Å²) in [5.41, 5.74) is -2.72. The minimum atomic E-state index is -4.89. The van der Waals surface area contributed by atoms with Crippen LogP contribution in [0.5, 0.6) is 5.75 Å². The van der Waals surface area contributed by atoms with E-state index in [0.29, 0.717) is 24.9 Å². The Labute approximate surface area is 214 Å². The minimum Gasteiger partial charge on any atom is -0.496 e. The second-order valence-corrected chi connectivity index (χ2v) is 10.4. The maximum absolute atomic E-state index is 13.6. The third kappa shape index (κ3) is 6.25. The number of hydrogen-bond acceptors (Lipinski definition) is 3. The molecule has 0 aromatic heterocycles. The Morgan fingerprint density at radius 3 is 1.92 bits per heavy atom. The molecule has 1 saturated heterocycles. The molecular weight excluding hydrogens is 494 g/mol. The zero-order valence-corrected chi connectivity index (χ0v) is 21.3. The highest BCUT2D eigenvalue weighted by Gasteiger charge is 2.41. The molecule has 1 aliphatic carbocycles. The van der Waals surface area contributed by atoms with Crippen molar-refractivity contribution in [3.05, 3.63) is 64.7 Å². The molecule has 2 aromatic carbocycles. The van der Waals surface area contributed by atoms with Gasteiger partial charge in [-0.25, -0.2) is 0 Å². The maximum atomic E-state index is 13.6. The fraction of sp³-hybridized carbons (Fsp3) is 0.571. The Kier molecular flexibility index (Phi) is 8.14. The first kappa shape index (κ1) is 27.8. The summed E-state index contributed by atoms with van der Waals surface area (Å²) in [5, 5.41) is 0. The van der Waals surface area contributed by atoms with Gasteiger partial charge in [0.25, 0.3) is 0 Å². The third-order valence-corrected chi connectivity index (χ3v) is 7.99. The molecule has 1 saturated carbocycles. The van der Waals surface area contributed by atoms with Gasteiger partial charge in [-0.05, 0) is 56.0 Å². The molecule has 0 bridgehead atoms. The fourth-order valence-corrected chi connectivity index (χ4v) is 6.01. The zero-order chi connectivity index (χ0) is 26.8. The van der Waals surface area contributed by atoms with E-state index in [1.807, 2.05) is 19.1 Å². The molecule has 0 spiro atoms. The van der Waals surface area contributed by atoms with Gasteiger partial charge in [0.2, 0.25) is 0 Å². The molecule has 4 rings (SSSR count). The topological polar surface area (TPSA) is 15.7 Å². The summed E-state index contributed by atoms with van der Waals surface area (Å²) in [7, 11) is 1.52. The van der Waals surface area contributed by atoms with Crippen molar-refractivity contribution in [3.8, 4) is 5.75 Å². The number of halogens is 6. The number of piperazine rings is 1. The molecule has 9 heteroatoms. The van der Waals surface area contributed by atoms with E-state index in [1.165, 1.54) is 39.2 Å². The summed E-state index contributed by atoms with van der Waals surface area (Å²) in [5.74, 6) is 0.558. The first-order valence-corrected chi connectivity index (χ1v) is 12.8. The van der Waals surface area contributed by atoms with Crippen LogP contribution in [0.2, 0.25) is 0 Å². The predicted molar refractivity (Wildman–Crippen MR) is 131 cm³/mol. The Balaban J connectivity index is 1.70. The lowest BCUT2D eigenvalue weighted by molar-refractivity contribution is -0.143. The average Bonchev–Trinajstić information content (AvgIpc) is 2.88. The van der Waals surface area contributed by atoms with Gasteiger partial charge in [0.1, 0.15) is 5.75 Å². The van der Waals surface area contributed by atoms with Crippen molar-refractivity contribution in [2.24, 2.45) is 0 Å². The van der Waals surface area contributed by atoms with E-state index in [2.05, 4.69) is 9.80 Å². The Bertz CT molecular complexity index is 1020. The quantitative estimate of drug-likeness (QED) is 0.371. The third-order valence-electron chi connectivity index (χ3n) is 7.99. The van der Waals surface area contributed by atoms with Crippen LogP contribution in [-0.4, -0.2) is 49.1 Å². The van der Waals surface area contributed by atoms with Crippen LogP contribution in [-0.2, 0) is 24.3 Å². The van der Waals surface area contributed by atoms with Crippen molar-refractivity contribution in [3.63, 3.8) is 0 Å². The highest BCUT2D eigenvalue weighted by atomic mass is 19.4. The van der Waals surface area contributed by atoms with Gasteiger partial charge in [0.15, 0.2) is 0 Å². The molecule has 0 radical (unpaired) electrons. The fourth-order valence-electron chi connectivity index (χ4n) is 6.01. The van der Waals surface area contributed by atoms with E-state index < -0.39 is 29.0 Å². The van der Waals surface area contributed by atoms with Crippen molar-refractivity contribution < 1.29 is 31.1 Å². The lowest BCUT2D eigenvalue weighted by atomic mass is 9.81. The second-order valence-electron chi connectivity index (χ2n) is 10.4. The Morgan fingerprint density at radius 1 is 0.811 bits per heavy atom. The molecule has 3 nitrogen and oxygen atoms in total. The average molecular weight is 529 g/mol. The van der Waals surface area contributed by atoms with Crippen LogP contribution in [0.4, 0.5) is 26.3 Å². The van der Waals surface area contributed by atoms with Gasteiger partial charge in [-0.3, -0.25) is 9.80 Å². The maximum Gasteiger partial charge on any atom is 0.416 e. The lowest BCUT2D eigenvalue weighted by Gasteiger charge is -2.48. The van der Waals surface area contributed by atoms with Crippen molar-refractivity contribution in [1.82, 2.24) is 9.80 Å². The monoisotopic (exact) mass is 528 g/mol. The van der Waals surface area contributed by atoms with Gasteiger partial charge in [0, 0.05) is 37.8 Å².